The summed E-state index contributed by atoms with van der Waals surface area (Å²) in [5, 5.41) is 0. The second-order valence-corrected chi connectivity index (χ2v) is 5.27. The van der Waals surface area contributed by atoms with Gasteiger partial charge in [-0.2, -0.15) is 0 Å². The zero-order valence-corrected chi connectivity index (χ0v) is 13.2. The van der Waals surface area contributed by atoms with Crippen LogP contribution in [-0.2, 0) is 0 Å². The van der Waals surface area contributed by atoms with E-state index in [0.29, 0.717) is 24.6 Å². The minimum atomic E-state index is -0.466. The molecule has 6 heteroatoms. The fraction of sp³-hybridized carbons (Fsp3) is 0.533. The Labute approximate surface area is 130 Å². The van der Waals surface area contributed by atoms with Crippen molar-refractivity contribution in [3.05, 3.63) is 29.6 Å². The maximum Gasteiger partial charge on any atom is 0.254 e. The van der Waals surface area contributed by atoms with Crippen molar-refractivity contribution in [2.24, 2.45) is 11.7 Å². The quantitative estimate of drug-likeness (QED) is 0.932. The second-order valence-electron chi connectivity index (χ2n) is 5.27. The number of carbonyl (C=O) groups is 1. The van der Waals surface area contributed by atoms with Crippen LogP contribution in [0.3, 0.4) is 0 Å². The Hall–Kier alpha value is -1.33. The first-order valence-corrected chi connectivity index (χ1v) is 6.93. The number of ether oxygens (including phenoxy) is 1. The molecule has 1 heterocycles. The van der Waals surface area contributed by atoms with Gasteiger partial charge in [-0.15, -0.1) is 12.4 Å². The van der Waals surface area contributed by atoms with Gasteiger partial charge in [0.2, 0.25) is 0 Å². The molecule has 1 fully saturated rings. The molecule has 1 aromatic carbocycles. The van der Waals surface area contributed by atoms with Crippen LogP contribution < -0.4 is 10.5 Å². The predicted molar refractivity (Wildman–Crippen MR) is 82.5 cm³/mol. The smallest absolute Gasteiger partial charge is 0.254 e. The van der Waals surface area contributed by atoms with E-state index in [1.807, 2.05) is 0 Å². The molecule has 1 amide bonds. The van der Waals surface area contributed by atoms with Gasteiger partial charge in [-0.1, -0.05) is 6.92 Å². The molecule has 1 aromatic rings. The van der Waals surface area contributed by atoms with E-state index < -0.39 is 5.82 Å². The van der Waals surface area contributed by atoms with Crippen LogP contribution in [-0.4, -0.2) is 37.0 Å². The Balaban J connectivity index is 0.00000220. The lowest BCUT2D eigenvalue weighted by Crippen LogP contribution is -2.51. The number of piperidine rings is 1. The minimum absolute atomic E-state index is 0. The van der Waals surface area contributed by atoms with Crippen molar-refractivity contribution in [1.29, 1.82) is 0 Å². The van der Waals surface area contributed by atoms with Gasteiger partial charge in [0.15, 0.2) is 11.6 Å². The Morgan fingerprint density at radius 1 is 1.52 bits per heavy atom. The third-order valence-corrected chi connectivity index (χ3v) is 4.02. The third kappa shape index (κ3) is 3.66. The van der Waals surface area contributed by atoms with E-state index in [-0.39, 0.29) is 30.1 Å². The summed E-state index contributed by atoms with van der Waals surface area (Å²) < 4.78 is 18.3. The minimum Gasteiger partial charge on any atom is -0.494 e. The van der Waals surface area contributed by atoms with E-state index in [1.54, 1.807) is 4.90 Å². The van der Waals surface area contributed by atoms with E-state index in [4.69, 9.17) is 10.5 Å². The molecule has 0 aromatic heterocycles. The first-order valence-electron chi connectivity index (χ1n) is 6.93. The van der Waals surface area contributed by atoms with Gasteiger partial charge in [-0.25, -0.2) is 4.39 Å². The molecular formula is C15H22ClFN2O2. The maximum absolute atomic E-state index is 13.4. The van der Waals surface area contributed by atoms with Gasteiger partial charge in [0.25, 0.3) is 5.91 Å². The molecule has 1 aliphatic heterocycles. The number of halogens is 2. The second kappa shape index (κ2) is 7.61. The average Bonchev–Trinajstić information content (AvgIpc) is 2.46. The van der Waals surface area contributed by atoms with Gasteiger partial charge < -0.3 is 15.4 Å². The SMILES string of the molecule is COc1cc(C(=O)N2CCCC(C)C2CN)ccc1F.Cl. The molecule has 4 nitrogen and oxygen atoms in total. The van der Waals surface area contributed by atoms with Crippen molar-refractivity contribution < 1.29 is 13.9 Å². The number of nitrogens with zero attached hydrogens (tertiary/aromatic N) is 1. The fourth-order valence-electron chi connectivity index (χ4n) is 2.82. The van der Waals surface area contributed by atoms with E-state index in [0.717, 1.165) is 12.8 Å². The van der Waals surface area contributed by atoms with Crippen molar-refractivity contribution in [2.75, 3.05) is 20.2 Å². The lowest BCUT2D eigenvalue weighted by atomic mass is 9.90. The molecule has 21 heavy (non-hydrogen) atoms. The van der Waals surface area contributed by atoms with Crippen LogP contribution in [0.25, 0.3) is 0 Å². The molecule has 2 atom stereocenters. The summed E-state index contributed by atoms with van der Waals surface area (Å²) in [7, 11) is 1.39. The summed E-state index contributed by atoms with van der Waals surface area (Å²) in [5.74, 6) is -0.0954. The number of methoxy groups -OCH3 is 1. The van der Waals surface area contributed by atoms with Gasteiger partial charge >= 0.3 is 0 Å². The van der Waals surface area contributed by atoms with Gasteiger partial charge in [-0.05, 0) is 37.0 Å². The van der Waals surface area contributed by atoms with Crippen molar-refractivity contribution in [2.45, 2.75) is 25.8 Å². The zero-order valence-electron chi connectivity index (χ0n) is 12.3. The summed E-state index contributed by atoms with van der Waals surface area (Å²) in [6.07, 6.45) is 2.06. The highest BCUT2D eigenvalue weighted by Crippen LogP contribution is 2.26. The Morgan fingerprint density at radius 2 is 2.24 bits per heavy atom. The summed E-state index contributed by atoms with van der Waals surface area (Å²) >= 11 is 0. The van der Waals surface area contributed by atoms with Crippen molar-refractivity contribution in [1.82, 2.24) is 4.90 Å². The van der Waals surface area contributed by atoms with Crippen LogP contribution in [0.5, 0.6) is 5.75 Å². The van der Waals surface area contributed by atoms with Gasteiger partial charge in [0.1, 0.15) is 0 Å². The molecule has 0 spiro atoms. The van der Waals surface area contributed by atoms with Crippen LogP contribution in [0, 0.1) is 11.7 Å². The van der Waals surface area contributed by atoms with Crippen LogP contribution in [0.15, 0.2) is 18.2 Å². The monoisotopic (exact) mass is 316 g/mol. The van der Waals surface area contributed by atoms with E-state index in [1.165, 1.54) is 25.3 Å². The summed E-state index contributed by atoms with van der Waals surface area (Å²) in [5.41, 5.74) is 6.24. The Bertz CT molecular complexity index is 499. The van der Waals surface area contributed by atoms with E-state index in [2.05, 4.69) is 6.92 Å². The fourth-order valence-corrected chi connectivity index (χ4v) is 2.82. The lowest BCUT2D eigenvalue weighted by molar-refractivity contribution is 0.0532. The highest BCUT2D eigenvalue weighted by Gasteiger charge is 2.31. The highest BCUT2D eigenvalue weighted by atomic mass is 35.5. The molecule has 0 saturated carbocycles. The van der Waals surface area contributed by atoms with E-state index >= 15 is 0 Å². The Kier molecular flexibility index (Phi) is 6.42. The van der Waals surface area contributed by atoms with Gasteiger partial charge in [-0.3, -0.25) is 4.79 Å². The van der Waals surface area contributed by atoms with Gasteiger partial charge in [0.05, 0.1) is 7.11 Å². The molecule has 0 bridgehead atoms. The zero-order chi connectivity index (χ0) is 14.7. The molecule has 1 aliphatic rings. The van der Waals surface area contributed by atoms with Crippen LogP contribution in [0.2, 0.25) is 0 Å². The standard InChI is InChI=1S/C15H21FN2O2.ClH/c1-10-4-3-7-18(13(10)9-17)15(19)11-5-6-12(16)14(8-11)20-2;/h5-6,8,10,13H,3-4,7,9,17H2,1-2H3;1H. The lowest BCUT2D eigenvalue weighted by Gasteiger charge is -2.39. The number of hydrogen-bond acceptors (Lipinski definition) is 3. The van der Waals surface area contributed by atoms with Crippen LogP contribution in [0.1, 0.15) is 30.1 Å². The summed E-state index contributed by atoms with van der Waals surface area (Å²) in [6.45, 7) is 3.26. The molecular weight excluding hydrogens is 295 g/mol. The molecule has 0 aliphatic carbocycles. The third-order valence-electron chi connectivity index (χ3n) is 4.02. The Morgan fingerprint density at radius 3 is 2.86 bits per heavy atom. The number of benzene rings is 1. The summed E-state index contributed by atoms with van der Waals surface area (Å²) in [4.78, 5) is 14.4. The molecule has 2 rings (SSSR count). The number of rotatable bonds is 3. The van der Waals surface area contributed by atoms with Crippen molar-refractivity contribution in [3.63, 3.8) is 0 Å². The molecule has 2 unspecified atom stereocenters. The highest BCUT2D eigenvalue weighted by molar-refractivity contribution is 5.95. The van der Waals surface area contributed by atoms with Crippen molar-refractivity contribution >= 4 is 18.3 Å². The predicted octanol–water partition coefficient (Wildman–Crippen LogP) is 2.46. The first kappa shape index (κ1) is 17.7. The largest absolute Gasteiger partial charge is 0.494 e. The van der Waals surface area contributed by atoms with Gasteiger partial charge in [0, 0.05) is 24.7 Å². The van der Waals surface area contributed by atoms with E-state index in [9.17, 15) is 9.18 Å². The summed E-state index contributed by atoms with van der Waals surface area (Å²) in [6, 6.07) is 4.25. The molecule has 2 N–H and O–H groups in total. The maximum atomic E-state index is 13.4. The number of carbonyl (C=O) groups excluding carboxylic acids is 1. The van der Waals surface area contributed by atoms with Crippen LogP contribution in [0.4, 0.5) is 4.39 Å². The first-order chi connectivity index (χ1) is 9.58. The molecule has 1 saturated heterocycles. The van der Waals surface area contributed by atoms with Crippen LogP contribution >= 0.6 is 12.4 Å². The average molecular weight is 317 g/mol. The normalized spacial score (nSPS) is 21.6. The van der Waals surface area contributed by atoms with Crippen molar-refractivity contribution in [3.8, 4) is 5.75 Å². The number of nitrogens with two attached hydrogens (primary N) is 1. The molecule has 118 valence electrons. The number of amides is 1. The molecule has 0 radical (unpaired) electrons. The number of likely N-dealkylation sites (tertiary alicyclic amines) is 1. The topological polar surface area (TPSA) is 55.6 Å². The number of hydrogen-bond donors (Lipinski definition) is 1.